The Bertz CT molecular complexity index is 889. The molecular weight excluding hydrogens is 733 g/mol. The number of ether oxygens (including phenoxy) is 3. The molecule has 1 unspecified atom stereocenters. The Kier molecular flexibility index (Phi) is 46.2. The number of hydrogen-bond acceptors (Lipinski definition) is 6. The molecule has 0 aromatic carbocycles. The van der Waals surface area contributed by atoms with Crippen molar-refractivity contribution in [3.63, 3.8) is 0 Å². The Balaban J connectivity index is 4.28. The lowest BCUT2D eigenvalue weighted by Gasteiger charge is -2.18. The standard InChI is InChI=1S/C53H102O6/c1-5-8-10-12-14-16-18-20-21-22-23-24-26-27-32-36-40-44-51(54)57-47-50(59-53(56)46-42-38-34-28-25-19-17-15-13-11-9-6-2)48-58-52(55)45-41-37-33-30-29-31-35-39-43-49(4)7-3/h49-50H,5-48H2,1-4H3/t49?,50-/m1/s1. The molecule has 0 aliphatic rings. The lowest BCUT2D eigenvalue weighted by Crippen LogP contribution is -2.30. The number of unbranched alkanes of at least 4 members (excludes halogenated alkanes) is 34. The highest BCUT2D eigenvalue weighted by molar-refractivity contribution is 5.71. The lowest BCUT2D eigenvalue weighted by atomic mass is 9.99. The Morgan fingerprint density at radius 2 is 0.593 bits per heavy atom. The van der Waals surface area contributed by atoms with Crippen LogP contribution in [0.2, 0.25) is 0 Å². The van der Waals surface area contributed by atoms with E-state index in [1.54, 1.807) is 0 Å². The summed E-state index contributed by atoms with van der Waals surface area (Å²) in [6.07, 6.45) is 49.4. The third-order valence-electron chi connectivity index (χ3n) is 12.4. The SMILES string of the molecule is CCCCCCCCCCCCCCCCCCCC(=O)OC[C@H](COC(=O)CCCCCCCCCCC(C)CC)OC(=O)CCCCCCCCCCCCCC. The van der Waals surface area contributed by atoms with Crippen LogP contribution in [0.1, 0.15) is 297 Å². The van der Waals surface area contributed by atoms with Gasteiger partial charge in [0.15, 0.2) is 6.10 Å². The molecule has 0 rings (SSSR count). The molecule has 0 N–H and O–H groups in total. The van der Waals surface area contributed by atoms with Crippen LogP contribution >= 0.6 is 0 Å². The lowest BCUT2D eigenvalue weighted by molar-refractivity contribution is -0.167. The van der Waals surface area contributed by atoms with Gasteiger partial charge in [-0.1, -0.05) is 259 Å². The maximum Gasteiger partial charge on any atom is 0.306 e. The van der Waals surface area contributed by atoms with Gasteiger partial charge >= 0.3 is 17.9 Å². The largest absolute Gasteiger partial charge is 0.462 e. The molecule has 350 valence electrons. The first-order valence-corrected chi connectivity index (χ1v) is 26.4. The van der Waals surface area contributed by atoms with E-state index >= 15 is 0 Å². The van der Waals surface area contributed by atoms with Gasteiger partial charge in [0.1, 0.15) is 13.2 Å². The van der Waals surface area contributed by atoms with Crippen molar-refractivity contribution in [3.05, 3.63) is 0 Å². The smallest absolute Gasteiger partial charge is 0.306 e. The van der Waals surface area contributed by atoms with Gasteiger partial charge in [-0.25, -0.2) is 0 Å². The van der Waals surface area contributed by atoms with Crippen molar-refractivity contribution < 1.29 is 28.6 Å². The minimum atomic E-state index is -0.761. The van der Waals surface area contributed by atoms with E-state index in [4.69, 9.17) is 14.2 Å². The van der Waals surface area contributed by atoms with Gasteiger partial charge in [-0.15, -0.1) is 0 Å². The first-order valence-electron chi connectivity index (χ1n) is 26.4. The maximum absolute atomic E-state index is 12.8. The molecule has 6 heteroatoms. The van der Waals surface area contributed by atoms with E-state index in [0.717, 1.165) is 63.7 Å². The van der Waals surface area contributed by atoms with Crippen molar-refractivity contribution in [1.29, 1.82) is 0 Å². The summed E-state index contributed by atoms with van der Waals surface area (Å²) in [4.78, 5) is 37.9. The maximum atomic E-state index is 12.8. The van der Waals surface area contributed by atoms with Gasteiger partial charge in [0.25, 0.3) is 0 Å². The third kappa shape index (κ3) is 45.8. The molecule has 0 aromatic heterocycles. The highest BCUT2D eigenvalue weighted by Gasteiger charge is 2.19. The van der Waals surface area contributed by atoms with Crippen LogP contribution in [0.5, 0.6) is 0 Å². The van der Waals surface area contributed by atoms with Crippen LogP contribution in [0.25, 0.3) is 0 Å². The predicted octanol–water partition coefficient (Wildman–Crippen LogP) is 17.1. The summed E-state index contributed by atoms with van der Waals surface area (Å²) in [6.45, 7) is 9.03. The molecule has 0 spiro atoms. The molecule has 0 radical (unpaired) electrons. The van der Waals surface area contributed by atoms with E-state index in [0.29, 0.717) is 19.3 Å². The predicted molar refractivity (Wildman–Crippen MR) is 252 cm³/mol. The summed E-state index contributed by atoms with van der Waals surface area (Å²) in [5, 5.41) is 0. The second-order valence-corrected chi connectivity index (χ2v) is 18.4. The molecular formula is C53H102O6. The number of carbonyl (C=O) groups is 3. The van der Waals surface area contributed by atoms with Crippen LogP contribution in [0, 0.1) is 5.92 Å². The summed E-state index contributed by atoms with van der Waals surface area (Å²) in [5.41, 5.74) is 0. The topological polar surface area (TPSA) is 78.9 Å². The van der Waals surface area contributed by atoms with Crippen LogP contribution in [0.15, 0.2) is 0 Å². The van der Waals surface area contributed by atoms with Gasteiger partial charge in [-0.05, 0) is 25.2 Å². The second kappa shape index (κ2) is 47.5. The van der Waals surface area contributed by atoms with E-state index < -0.39 is 6.10 Å². The highest BCUT2D eigenvalue weighted by Crippen LogP contribution is 2.18. The molecule has 0 bridgehead atoms. The van der Waals surface area contributed by atoms with Crippen molar-refractivity contribution >= 4 is 17.9 Å². The minimum Gasteiger partial charge on any atom is -0.462 e. The van der Waals surface area contributed by atoms with Gasteiger partial charge in [0, 0.05) is 19.3 Å². The van der Waals surface area contributed by atoms with Crippen LogP contribution < -0.4 is 0 Å². The van der Waals surface area contributed by atoms with E-state index in [2.05, 4.69) is 27.7 Å². The van der Waals surface area contributed by atoms with Gasteiger partial charge in [0.05, 0.1) is 0 Å². The fraction of sp³-hybridized carbons (Fsp3) is 0.943. The van der Waals surface area contributed by atoms with E-state index in [1.807, 2.05) is 0 Å². The molecule has 0 aromatic rings. The van der Waals surface area contributed by atoms with Crippen LogP contribution in [-0.2, 0) is 28.6 Å². The Morgan fingerprint density at radius 3 is 0.881 bits per heavy atom. The van der Waals surface area contributed by atoms with Crippen molar-refractivity contribution in [3.8, 4) is 0 Å². The summed E-state index contributed by atoms with van der Waals surface area (Å²) in [5.74, 6) is 0.00314. The molecule has 0 heterocycles. The van der Waals surface area contributed by atoms with E-state index in [1.165, 1.54) is 193 Å². The first kappa shape index (κ1) is 57.4. The zero-order chi connectivity index (χ0) is 43.1. The Morgan fingerprint density at radius 1 is 0.339 bits per heavy atom. The van der Waals surface area contributed by atoms with Gasteiger partial charge in [0.2, 0.25) is 0 Å². The summed E-state index contributed by atoms with van der Waals surface area (Å²) in [7, 11) is 0. The molecule has 6 nitrogen and oxygen atoms in total. The normalized spacial score (nSPS) is 12.4. The molecule has 0 aliphatic carbocycles. The van der Waals surface area contributed by atoms with Crippen molar-refractivity contribution in [2.24, 2.45) is 5.92 Å². The van der Waals surface area contributed by atoms with Crippen molar-refractivity contribution in [2.45, 2.75) is 303 Å². The fourth-order valence-corrected chi connectivity index (χ4v) is 8.01. The Hall–Kier alpha value is -1.59. The zero-order valence-electron chi connectivity index (χ0n) is 40.2. The van der Waals surface area contributed by atoms with Gasteiger partial charge < -0.3 is 14.2 Å². The number of carbonyl (C=O) groups excluding carboxylic acids is 3. The van der Waals surface area contributed by atoms with Gasteiger partial charge in [-0.2, -0.15) is 0 Å². The van der Waals surface area contributed by atoms with Crippen molar-refractivity contribution in [2.75, 3.05) is 13.2 Å². The van der Waals surface area contributed by atoms with Crippen LogP contribution in [0.3, 0.4) is 0 Å². The summed E-state index contributed by atoms with van der Waals surface area (Å²) in [6, 6.07) is 0. The van der Waals surface area contributed by atoms with Crippen LogP contribution in [-0.4, -0.2) is 37.2 Å². The quantitative estimate of drug-likeness (QED) is 0.0345. The fourth-order valence-electron chi connectivity index (χ4n) is 8.01. The average Bonchev–Trinajstić information content (AvgIpc) is 3.23. The highest BCUT2D eigenvalue weighted by atomic mass is 16.6. The third-order valence-corrected chi connectivity index (χ3v) is 12.4. The zero-order valence-corrected chi connectivity index (χ0v) is 40.2. The average molecular weight is 835 g/mol. The molecule has 0 aliphatic heterocycles. The number of rotatable bonds is 48. The molecule has 0 saturated heterocycles. The molecule has 0 fully saturated rings. The summed E-state index contributed by atoms with van der Waals surface area (Å²) < 4.78 is 16.8. The molecule has 0 saturated carbocycles. The molecule has 59 heavy (non-hydrogen) atoms. The van der Waals surface area contributed by atoms with E-state index in [9.17, 15) is 14.4 Å². The molecule has 2 atom stereocenters. The molecule has 0 amide bonds. The van der Waals surface area contributed by atoms with Gasteiger partial charge in [-0.3, -0.25) is 14.4 Å². The first-order chi connectivity index (χ1) is 28.9. The van der Waals surface area contributed by atoms with E-state index in [-0.39, 0.29) is 31.1 Å². The Labute approximate surface area is 368 Å². The number of hydrogen-bond donors (Lipinski definition) is 0. The van der Waals surface area contributed by atoms with Crippen molar-refractivity contribution in [1.82, 2.24) is 0 Å². The minimum absolute atomic E-state index is 0.0629. The summed E-state index contributed by atoms with van der Waals surface area (Å²) >= 11 is 0. The second-order valence-electron chi connectivity index (χ2n) is 18.4. The van der Waals surface area contributed by atoms with Crippen LogP contribution in [0.4, 0.5) is 0 Å². The monoisotopic (exact) mass is 835 g/mol. The number of esters is 3.